The first-order valence-corrected chi connectivity index (χ1v) is 12.7. The summed E-state index contributed by atoms with van der Waals surface area (Å²) in [6.45, 7) is 4.74. The van der Waals surface area contributed by atoms with Crippen molar-refractivity contribution < 1.29 is 27.8 Å². The van der Waals surface area contributed by atoms with Gasteiger partial charge >= 0.3 is 6.29 Å². The Bertz CT molecular complexity index is 1580. The van der Waals surface area contributed by atoms with E-state index in [2.05, 4.69) is 14.6 Å². The highest BCUT2D eigenvalue weighted by Crippen LogP contribution is 2.43. The lowest BCUT2D eigenvalue weighted by Gasteiger charge is -2.35. The summed E-state index contributed by atoms with van der Waals surface area (Å²) in [6, 6.07) is 10.4. The molecule has 0 unspecified atom stereocenters. The lowest BCUT2D eigenvalue weighted by atomic mass is 9.97. The Balaban J connectivity index is 1.28. The number of nitriles is 1. The summed E-state index contributed by atoms with van der Waals surface area (Å²) in [7, 11) is 0. The summed E-state index contributed by atoms with van der Waals surface area (Å²) in [5, 5.41) is 14.3. The first-order valence-electron chi connectivity index (χ1n) is 12.4. The van der Waals surface area contributed by atoms with Crippen molar-refractivity contribution in [1.82, 2.24) is 19.6 Å². The molecule has 0 bridgehead atoms. The van der Waals surface area contributed by atoms with Crippen LogP contribution in [0.25, 0.3) is 0 Å². The molecule has 0 saturated carbocycles. The van der Waals surface area contributed by atoms with Gasteiger partial charge in [-0.25, -0.2) is 0 Å². The van der Waals surface area contributed by atoms with E-state index in [-0.39, 0.29) is 46.5 Å². The number of ether oxygens (including phenoxy) is 2. The van der Waals surface area contributed by atoms with Crippen LogP contribution >= 0.6 is 11.6 Å². The summed E-state index contributed by atoms with van der Waals surface area (Å²) in [6.07, 6.45) is -3.25. The maximum Gasteiger partial charge on any atom is 0.586 e. The van der Waals surface area contributed by atoms with Gasteiger partial charge in [-0.3, -0.25) is 14.3 Å². The van der Waals surface area contributed by atoms with E-state index in [1.807, 2.05) is 19.9 Å². The lowest BCUT2D eigenvalue weighted by Crippen LogP contribution is -2.44. The van der Waals surface area contributed by atoms with Gasteiger partial charge in [0, 0.05) is 30.1 Å². The fourth-order valence-electron chi connectivity index (χ4n) is 5.39. The van der Waals surface area contributed by atoms with Crippen molar-refractivity contribution in [2.24, 2.45) is 0 Å². The molecule has 0 radical (unpaired) electrons. The van der Waals surface area contributed by atoms with Crippen molar-refractivity contribution in [3.05, 3.63) is 75.1 Å². The molecule has 0 N–H and O–H groups in total. The molecule has 4 heterocycles. The van der Waals surface area contributed by atoms with Crippen LogP contribution in [0, 0.1) is 11.3 Å². The molecule has 12 heteroatoms. The molecule has 39 heavy (non-hydrogen) atoms. The van der Waals surface area contributed by atoms with Gasteiger partial charge in [0.15, 0.2) is 11.5 Å². The van der Waals surface area contributed by atoms with Crippen LogP contribution in [-0.4, -0.2) is 50.3 Å². The Labute approximate surface area is 227 Å². The zero-order valence-corrected chi connectivity index (χ0v) is 21.7. The number of rotatable bonds is 3. The van der Waals surface area contributed by atoms with Gasteiger partial charge in [-0.2, -0.15) is 10.4 Å². The molecule has 2 amide bonds. The topological polar surface area (TPSA) is 101 Å². The zero-order chi connectivity index (χ0) is 27.6. The Kier molecular flexibility index (Phi) is 5.77. The Morgan fingerprint density at radius 2 is 1.97 bits per heavy atom. The molecule has 3 aliphatic heterocycles. The highest BCUT2D eigenvalue weighted by molar-refractivity contribution is 6.31. The van der Waals surface area contributed by atoms with E-state index in [0.717, 1.165) is 5.69 Å². The monoisotopic (exact) mass is 553 g/mol. The first-order chi connectivity index (χ1) is 18.6. The van der Waals surface area contributed by atoms with Crippen molar-refractivity contribution in [3.8, 4) is 17.6 Å². The number of hydrogen-bond donors (Lipinski definition) is 0. The standard InChI is InChI=1S/C27H22ClF2N5O4/c1-14-9-21-19(13-34(14)25(36)17-3-5-20(28)18(10-17)12-31)24-26(37)33(7-8-35(24)32-21)15(2)16-4-6-22-23(11-16)39-27(29,30)38-22/h3-6,10-11,14-15H,7-9,13H2,1-2H3/t14-,15+/m1/s1. The average molecular weight is 554 g/mol. The van der Waals surface area contributed by atoms with Crippen LogP contribution in [0.1, 0.15) is 63.1 Å². The van der Waals surface area contributed by atoms with Crippen molar-refractivity contribution in [1.29, 1.82) is 5.26 Å². The van der Waals surface area contributed by atoms with Crippen molar-refractivity contribution >= 4 is 23.4 Å². The molecule has 3 aliphatic rings. The van der Waals surface area contributed by atoms with Crippen LogP contribution in [0.15, 0.2) is 36.4 Å². The third kappa shape index (κ3) is 4.15. The molecule has 6 rings (SSSR count). The number of aromatic nitrogens is 2. The van der Waals surface area contributed by atoms with E-state index in [1.165, 1.54) is 24.3 Å². The number of amides is 2. The van der Waals surface area contributed by atoms with Gasteiger partial charge in [-0.05, 0) is 49.7 Å². The summed E-state index contributed by atoms with van der Waals surface area (Å²) in [5.41, 5.74) is 3.03. The van der Waals surface area contributed by atoms with Gasteiger partial charge in [0.25, 0.3) is 11.8 Å². The normalized spacial score (nSPS) is 19.8. The minimum Gasteiger partial charge on any atom is -0.395 e. The SMILES string of the molecule is C[C@@H]1Cc2nn3c(c2CN1C(=O)c1ccc(Cl)c(C#N)c1)C(=O)N([C@@H](C)c1ccc2c(c1)OC(F)(F)O2)CC3. The van der Waals surface area contributed by atoms with Crippen molar-refractivity contribution in [3.63, 3.8) is 0 Å². The highest BCUT2D eigenvalue weighted by Gasteiger charge is 2.44. The second-order valence-electron chi connectivity index (χ2n) is 9.84. The van der Waals surface area contributed by atoms with Crippen LogP contribution in [0.5, 0.6) is 11.5 Å². The minimum absolute atomic E-state index is 0.0606. The molecule has 9 nitrogen and oxygen atoms in total. The highest BCUT2D eigenvalue weighted by atomic mass is 35.5. The third-order valence-electron chi connectivity index (χ3n) is 7.47. The fourth-order valence-corrected chi connectivity index (χ4v) is 5.55. The fraction of sp³-hybridized carbons (Fsp3) is 0.333. The molecule has 0 aliphatic carbocycles. The molecule has 2 aromatic carbocycles. The second-order valence-corrected chi connectivity index (χ2v) is 10.2. The van der Waals surface area contributed by atoms with E-state index >= 15 is 0 Å². The van der Waals surface area contributed by atoms with Crippen LogP contribution in [0.2, 0.25) is 5.02 Å². The summed E-state index contributed by atoms with van der Waals surface area (Å²) >= 11 is 6.04. The Hall–Kier alpha value is -4.17. The van der Waals surface area contributed by atoms with E-state index in [9.17, 15) is 23.6 Å². The maximum atomic E-state index is 13.8. The molecular formula is C27H22ClF2N5O4. The van der Waals surface area contributed by atoms with Crippen LogP contribution in [-0.2, 0) is 19.5 Å². The number of carbonyl (C=O) groups is 2. The quantitative estimate of drug-likeness (QED) is 0.472. The number of hydrogen-bond acceptors (Lipinski definition) is 6. The van der Waals surface area contributed by atoms with E-state index < -0.39 is 12.3 Å². The van der Waals surface area contributed by atoms with E-state index in [1.54, 1.807) is 26.6 Å². The first kappa shape index (κ1) is 25.1. The smallest absolute Gasteiger partial charge is 0.395 e. The largest absolute Gasteiger partial charge is 0.586 e. The minimum atomic E-state index is -3.72. The molecule has 200 valence electrons. The molecule has 1 aromatic heterocycles. The Morgan fingerprint density at radius 1 is 1.21 bits per heavy atom. The molecule has 0 fully saturated rings. The number of halogens is 3. The molecule has 2 atom stereocenters. The number of nitrogens with zero attached hydrogens (tertiary/aromatic N) is 5. The van der Waals surface area contributed by atoms with E-state index in [0.29, 0.717) is 41.9 Å². The van der Waals surface area contributed by atoms with Crippen molar-refractivity contribution in [2.75, 3.05) is 6.54 Å². The summed E-state index contributed by atoms with van der Waals surface area (Å²) in [4.78, 5) is 30.6. The van der Waals surface area contributed by atoms with Gasteiger partial charge in [0.1, 0.15) is 11.8 Å². The van der Waals surface area contributed by atoms with Gasteiger partial charge in [0.2, 0.25) is 0 Å². The molecule has 3 aromatic rings. The van der Waals surface area contributed by atoms with Gasteiger partial charge in [-0.15, -0.1) is 8.78 Å². The van der Waals surface area contributed by atoms with Crippen LogP contribution in [0.4, 0.5) is 8.78 Å². The molecular weight excluding hydrogens is 532 g/mol. The number of alkyl halides is 2. The Morgan fingerprint density at radius 3 is 2.74 bits per heavy atom. The van der Waals surface area contributed by atoms with Gasteiger partial charge < -0.3 is 19.3 Å². The van der Waals surface area contributed by atoms with Crippen LogP contribution < -0.4 is 9.47 Å². The zero-order valence-electron chi connectivity index (χ0n) is 21.0. The van der Waals surface area contributed by atoms with Gasteiger partial charge in [0.05, 0.1) is 35.4 Å². The predicted octanol–water partition coefficient (Wildman–Crippen LogP) is 4.53. The number of carbonyl (C=O) groups excluding carboxylic acids is 2. The number of benzene rings is 2. The summed E-state index contributed by atoms with van der Waals surface area (Å²) in [5.74, 6) is -0.673. The van der Waals surface area contributed by atoms with E-state index in [4.69, 9.17) is 11.6 Å². The van der Waals surface area contributed by atoms with Crippen LogP contribution in [0.3, 0.4) is 0 Å². The van der Waals surface area contributed by atoms with Crippen molar-refractivity contribution in [2.45, 2.75) is 51.7 Å². The predicted molar refractivity (Wildman–Crippen MR) is 134 cm³/mol. The average Bonchev–Trinajstić information content (AvgIpc) is 3.42. The molecule has 0 spiro atoms. The van der Waals surface area contributed by atoms with Gasteiger partial charge in [-0.1, -0.05) is 17.7 Å². The lowest BCUT2D eigenvalue weighted by molar-refractivity contribution is -0.286. The number of fused-ring (bicyclic) bond motifs is 4. The second kappa shape index (κ2) is 8.95. The summed E-state index contributed by atoms with van der Waals surface area (Å²) < 4.78 is 37.7. The maximum absolute atomic E-state index is 13.8. The third-order valence-corrected chi connectivity index (χ3v) is 7.80. The molecule has 0 saturated heterocycles.